The van der Waals surface area contributed by atoms with Crippen LogP contribution in [0.25, 0.3) is 0 Å². The molecular weight excluding hydrogens is 232 g/mol. The lowest BCUT2D eigenvalue weighted by atomic mass is 10.3. The summed E-state index contributed by atoms with van der Waals surface area (Å²) in [6, 6.07) is 9.16. The number of nitrogens with two attached hydrogens (primary N) is 4. The first-order chi connectivity index (χ1) is 8.58. The summed E-state index contributed by atoms with van der Waals surface area (Å²) in [6.45, 7) is 0. The molecule has 8 heteroatoms. The summed E-state index contributed by atoms with van der Waals surface area (Å²) in [5, 5.41) is 0. The molecule has 0 spiro atoms. The van der Waals surface area contributed by atoms with Crippen molar-refractivity contribution in [2.45, 2.75) is 6.29 Å². The standard InChI is InChI=1S/C10H14N8/c11-7-16-9(13)18(10(14)17-7)8(12)15-6-4-2-1-3-5-6/h1-5,9H,13H2,(H2,12,15)(H4,11,14,16,17). The van der Waals surface area contributed by atoms with E-state index in [1.165, 1.54) is 4.90 Å². The van der Waals surface area contributed by atoms with Crippen LogP contribution in [0.4, 0.5) is 5.69 Å². The second-order valence-corrected chi connectivity index (χ2v) is 3.55. The van der Waals surface area contributed by atoms with E-state index in [4.69, 9.17) is 22.9 Å². The quantitative estimate of drug-likeness (QED) is 0.364. The van der Waals surface area contributed by atoms with Crippen LogP contribution < -0.4 is 22.9 Å². The average molecular weight is 246 g/mol. The Morgan fingerprint density at radius 1 is 1.22 bits per heavy atom. The van der Waals surface area contributed by atoms with Gasteiger partial charge in [0.2, 0.25) is 17.9 Å². The molecule has 8 N–H and O–H groups in total. The Kier molecular flexibility index (Phi) is 3.11. The Morgan fingerprint density at radius 2 is 1.89 bits per heavy atom. The van der Waals surface area contributed by atoms with E-state index >= 15 is 0 Å². The fourth-order valence-electron chi connectivity index (χ4n) is 1.47. The molecule has 1 unspecified atom stereocenters. The van der Waals surface area contributed by atoms with Crippen molar-refractivity contribution in [3.05, 3.63) is 30.3 Å². The highest BCUT2D eigenvalue weighted by molar-refractivity contribution is 6.04. The smallest absolute Gasteiger partial charge is 0.221 e. The molecule has 94 valence electrons. The van der Waals surface area contributed by atoms with Gasteiger partial charge in [-0.1, -0.05) is 18.2 Å². The molecular formula is C10H14N8. The first kappa shape index (κ1) is 11.9. The zero-order valence-corrected chi connectivity index (χ0v) is 9.56. The van der Waals surface area contributed by atoms with Crippen molar-refractivity contribution in [2.24, 2.45) is 37.9 Å². The van der Waals surface area contributed by atoms with Crippen molar-refractivity contribution in [1.82, 2.24) is 4.90 Å². The van der Waals surface area contributed by atoms with Crippen molar-refractivity contribution in [2.75, 3.05) is 0 Å². The zero-order chi connectivity index (χ0) is 13.1. The maximum atomic E-state index is 5.83. The molecule has 1 atom stereocenters. The molecule has 0 amide bonds. The minimum absolute atomic E-state index is 0.0174. The van der Waals surface area contributed by atoms with Crippen LogP contribution in [0, 0.1) is 0 Å². The van der Waals surface area contributed by atoms with Gasteiger partial charge in [0.15, 0.2) is 6.29 Å². The topological polar surface area (TPSA) is 144 Å². The number of nitrogens with zero attached hydrogens (tertiary/aromatic N) is 4. The summed E-state index contributed by atoms with van der Waals surface area (Å²) in [4.78, 5) is 13.1. The number of hydrogen-bond donors (Lipinski definition) is 4. The first-order valence-corrected chi connectivity index (χ1v) is 5.19. The Morgan fingerprint density at radius 3 is 2.50 bits per heavy atom. The Labute approximate surface area is 104 Å². The maximum absolute atomic E-state index is 5.83. The van der Waals surface area contributed by atoms with Gasteiger partial charge in [-0.25, -0.2) is 14.9 Å². The molecule has 1 aliphatic heterocycles. The third-order valence-corrected chi connectivity index (χ3v) is 2.25. The number of para-hydroxylation sites is 1. The highest BCUT2D eigenvalue weighted by Crippen LogP contribution is 2.11. The lowest BCUT2D eigenvalue weighted by Crippen LogP contribution is -2.57. The monoisotopic (exact) mass is 246 g/mol. The van der Waals surface area contributed by atoms with Gasteiger partial charge >= 0.3 is 0 Å². The van der Waals surface area contributed by atoms with Gasteiger partial charge in [-0.2, -0.15) is 4.99 Å². The fraction of sp³-hybridized carbons (Fsp3) is 0.100. The van der Waals surface area contributed by atoms with Crippen LogP contribution in [-0.4, -0.2) is 29.1 Å². The molecule has 1 aromatic carbocycles. The van der Waals surface area contributed by atoms with Crippen molar-refractivity contribution < 1.29 is 0 Å². The Balaban J connectivity index is 2.27. The molecule has 1 heterocycles. The van der Waals surface area contributed by atoms with Gasteiger partial charge in [-0.3, -0.25) is 5.73 Å². The van der Waals surface area contributed by atoms with Crippen LogP contribution in [-0.2, 0) is 0 Å². The molecule has 0 fully saturated rings. The van der Waals surface area contributed by atoms with Gasteiger partial charge in [-0.15, -0.1) is 0 Å². The van der Waals surface area contributed by atoms with Crippen molar-refractivity contribution in [3.8, 4) is 0 Å². The van der Waals surface area contributed by atoms with Crippen LogP contribution >= 0.6 is 0 Å². The number of guanidine groups is 3. The molecule has 0 aliphatic carbocycles. The first-order valence-electron chi connectivity index (χ1n) is 5.19. The van der Waals surface area contributed by atoms with Crippen LogP contribution in [0.1, 0.15) is 0 Å². The van der Waals surface area contributed by atoms with Gasteiger partial charge in [0.1, 0.15) is 0 Å². The number of aliphatic imine (C=N–C) groups is 3. The molecule has 0 bridgehead atoms. The van der Waals surface area contributed by atoms with E-state index in [1.54, 1.807) is 12.1 Å². The predicted molar refractivity (Wildman–Crippen MR) is 70.8 cm³/mol. The fourth-order valence-corrected chi connectivity index (χ4v) is 1.47. The van der Waals surface area contributed by atoms with Gasteiger partial charge in [0.25, 0.3) is 0 Å². The largest absolute Gasteiger partial charge is 0.369 e. The second kappa shape index (κ2) is 4.72. The normalized spacial score (nSPS) is 20.4. The molecule has 8 nitrogen and oxygen atoms in total. The summed E-state index contributed by atoms with van der Waals surface area (Å²) in [5.74, 6) is 0.183. The summed E-state index contributed by atoms with van der Waals surface area (Å²) < 4.78 is 0. The molecule has 0 radical (unpaired) electrons. The Hall–Kier alpha value is -2.61. The minimum Gasteiger partial charge on any atom is -0.369 e. The van der Waals surface area contributed by atoms with E-state index in [1.807, 2.05) is 18.2 Å². The highest BCUT2D eigenvalue weighted by Gasteiger charge is 2.24. The highest BCUT2D eigenvalue weighted by atomic mass is 15.5. The van der Waals surface area contributed by atoms with E-state index in [0.29, 0.717) is 5.69 Å². The number of hydrogen-bond acceptors (Lipinski definition) is 6. The second-order valence-electron chi connectivity index (χ2n) is 3.55. The molecule has 2 rings (SSSR count). The van der Waals surface area contributed by atoms with Gasteiger partial charge in [-0.05, 0) is 12.1 Å². The predicted octanol–water partition coefficient (Wildman–Crippen LogP) is -1.18. The lowest BCUT2D eigenvalue weighted by molar-refractivity contribution is 0.446. The summed E-state index contributed by atoms with van der Waals surface area (Å²) in [5.41, 5.74) is 23.4. The van der Waals surface area contributed by atoms with Crippen molar-refractivity contribution >= 4 is 23.6 Å². The van der Waals surface area contributed by atoms with Gasteiger partial charge in [0.05, 0.1) is 5.69 Å². The lowest BCUT2D eigenvalue weighted by Gasteiger charge is -2.28. The summed E-state index contributed by atoms with van der Waals surface area (Å²) in [7, 11) is 0. The van der Waals surface area contributed by atoms with Crippen LogP contribution in [0.2, 0.25) is 0 Å². The van der Waals surface area contributed by atoms with E-state index in [9.17, 15) is 0 Å². The van der Waals surface area contributed by atoms with E-state index < -0.39 is 6.29 Å². The van der Waals surface area contributed by atoms with Crippen molar-refractivity contribution in [1.29, 1.82) is 0 Å². The van der Waals surface area contributed by atoms with E-state index in [0.717, 1.165) is 0 Å². The SMILES string of the molecule is NC1=NC(N)N(C(N)=Nc2ccccc2)C(N)=N1. The average Bonchev–Trinajstić information content (AvgIpc) is 2.28. The summed E-state index contributed by atoms with van der Waals surface area (Å²) in [6.07, 6.45) is -0.824. The maximum Gasteiger partial charge on any atom is 0.221 e. The number of benzene rings is 1. The molecule has 1 aromatic rings. The Bertz CT molecular complexity index is 518. The number of rotatable bonds is 1. The molecule has 0 saturated carbocycles. The van der Waals surface area contributed by atoms with Crippen LogP contribution in [0.5, 0.6) is 0 Å². The summed E-state index contributed by atoms with van der Waals surface area (Å²) >= 11 is 0. The third kappa shape index (κ3) is 2.38. The van der Waals surface area contributed by atoms with E-state index in [-0.39, 0.29) is 17.9 Å². The molecule has 0 saturated heterocycles. The van der Waals surface area contributed by atoms with Gasteiger partial charge < -0.3 is 17.2 Å². The van der Waals surface area contributed by atoms with Gasteiger partial charge in [0, 0.05) is 0 Å². The molecule has 18 heavy (non-hydrogen) atoms. The van der Waals surface area contributed by atoms with Crippen LogP contribution in [0.3, 0.4) is 0 Å². The van der Waals surface area contributed by atoms with E-state index in [2.05, 4.69) is 15.0 Å². The minimum atomic E-state index is -0.824. The van der Waals surface area contributed by atoms with Crippen LogP contribution in [0.15, 0.2) is 45.3 Å². The third-order valence-electron chi connectivity index (χ3n) is 2.25. The zero-order valence-electron chi connectivity index (χ0n) is 9.56. The molecule has 1 aliphatic rings. The van der Waals surface area contributed by atoms with Crippen molar-refractivity contribution in [3.63, 3.8) is 0 Å². The molecule has 0 aromatic heterocycles.